The van der Waals surface area contributed by atoms with Crippen LogP contribution in [0.2, 0.25) is 0 Å². The van der Waals surface area contributed by atoms with Crippen molar-refractivity contribution in [1.82, 2.24) is 0 Å². The van der Waals surface area contributed by atoms with E-state index in [1.54, 1.807) is 0 Å². The molecule has 5 aromatic carbocycles. The standard InChI is InChI=1S/C40H43P2/c1-39(2,3)37-28-38(40(4,5)6)32(30-42(35-23-15-9-16-24-35)36-25-17-10-18-26-36)27-31(37)29-41(33-19-11-7-12-20-33)34-21-13-8-14-22-34/h7-26,28H,29-30H2,1-6H3/q-1. The van der Waals surface area contributed by atoms with Gasteiger partial charge in [0.2, 0.25) is 0 Å². The maximum atomic E-state index is 4.17. The molecule has 214 valence electrons. The first-order chi connectivity index (χ1) is 20.1. The van der Waals surface area contributed by atoms with Gasteiger partial charge in [-0.3, -0.25) is 0 Å². The molecule has 0 fully saturated rings. The lowest BCUT2D eigenvalue weighted by atomic mass is 9.77. The fourth-order valence-electron chi connectivity index (χ4n) is 5.63. The van der Waals surface area contributed by atoms with E-state index in [9.17, 15) is 0 Å². The molecule has 0 heterocycles. The van der Waals surface area contributed by atoms with Crippen LogP contribution >= 0.6 is 15.8 Å². The summed E-state index contributed by atoms with van der Waals surface area (Å²) >= 11 is 0. The van der Waals surface area contributed by atoms with Crippen LogP contribution in [0.15, 0.2) is 127 Å². The van der Waals surface area contributed by atoms with E-state index in [4.69, 9.17) is 0 Å². The van der Waals surface area contributed by atoms with E-state index in [2.05, 4.69) is 175 Å². The van der Waals surface area contributed by atoms with Crippen molar-refractivity contribution >= 4 is 37.1 Å². The van der Waals surface area contributed by atoms with Crippen LogP contribution in [0.25, 0.3) is 0 Å². The van der Waals surface area contributed by atoms with Crippen LogP contribution in [-0.2, 0) is 23.2 Å². The highest BCUT2D eigenvalue weighted by Gasteiger charge is 2.23. The van der Waals surface area contributed by atoms with Gasteiger partial charge in [0.1, 0.15) is 0 Å². The van der Waals surface area contributed by atoms with Crippen molar-refractivity contribution in [3.05, 3.63) is 156 Å². The first kappa shape index (κ1) is 30.4. The Labute approximate surface area is 256 Å². The molecule has 0 radical (unpaired) electrons. The zero-order chi connectivity index (χ0) is 29.7. The molecule has 0 aliphatic rings. The van der Waals surface area contributed by atoms with E-state index < -0.39 is 15.8 Å². The lowest BCUT2D eigenvalue weighted by Gasteiger charge is -2.39. The summed E-state index contributed by atoms with van der Waals surface area (Å²) in [5.41, 5.74) is 5.64. The Bertz CT molecular complexity index is 1360. The van der Waals surface area contributed by atoms with Gasteiger partial charge in [-0.25, -0.2) is 0 Å². The fraction of sp³-hybridized carbons (Fsp3) is 0.250. The third-order valence-corrected chi connectivity index (χ3v) is 12.7. The largest absolute Gasteiger partial charge is 0.176 e. The molecular weight excluding hydrogens is 542 g/mol. The number of hydrogen-bond acceptors (Lipinski definition) is 0. The molecule has 0 aliphatic carbocycles. The zero-order valence-electron chi connectivity index (χ0n) is 25.9. The Kier molecular flexibility index (Phi) is 9.47. The Morgan fingerprint density at radius 1 is 0.429 bits per heavy atom. The van der Waals surface area contributed by atoms with Crippen LogP contribution in [0.1, 0.15) is 63.8 Å². The first-order valence-corrected chi connectivity index (χ1v) is 18.0. The van der Waals surface area contributed by atoms with Gasteiger partial charge in [-0.05, 0) is 49.4 Å². The fourth-order valence-corrected chi connectivity index (χ4v) is 10.2. The monoisotopic (exact) mass is 585 g/mol. The number of hydrogen-bond donors (Lipinski definition) is 0. The average molecular weight is 586 g/mol. The molecule has 0 amide bonds. The topological polar surface area (TPSA) is 0 Å². The van der Waals surface area contributed by atoms with Gasteiger partial charge in [-0.15, -0.1) is 11.1 Å². The van der Waals surface area contributed by atoms with E-state index in [0.29, 0.717) is 0 Å². The van der Waals surface area contributed by atoms with Gasteiger partial charge in [0, 0.05) is 0 Å². The molecule has 0 N–H and O–H groups in total. The molecule has 0 saturated carbocycles. The second-order valence-corrected chi connectivity index (χ2v) is 17.5. The molecule has 42 heavy (non-hydrogen) atoms. The molecule has 2 heteroatoms. The minimum absolute atomic E-state index is 0.0162. The second-order valence-electron chi connectivity index (χ2n) is 13.1. The van der Waals surface area contributed by atoms with Crippen LogP contribution in [0.3, 0.4) is 0 Å². The molecule has 0 atom stereocenters. The van der Waals surface area contributed by atoms with Crippen LogP contribution in [0.4, 0.5) is 0 Å². The smallest absolute Gasteiger partial charge is 0.0193 e. The number of benzene rings is 5. The van der Waals surface area contributed by atoms with Crippen molar-refractivity contribution in [2.75, 3.05) is 0 Å². The summed E-state index contributed by atoms with van der Waals surface area (Å²) < 4.78 is 0. The van der Waals surface area contributed by atoms with Crippen LogP contribution in [0, 0.1) is 6.07 Å². The zero-order valence-corrected chi connectivity index (χ0v) is 27.7. The maximum absolute atomic E-state index is 4.17. The van der Waals surface area contributed by atoms with Crippen molar-refractivity contribution < 1.29 is 0 Å². The molecule has 0 saturated heterocycles. The Hall–Kier alpha value is -3.04. The molecule has 0 bridgehead atoms. The van der Waals surface area contributed by atoms with Gasteiger partial charge in [0.25, 0.3) is 0 Å². The van der Waals surface area contributed by atoms with Gasteiger partial charge < -0.3 is 0 Å². The third kappa shape index (κ3) is 7.29. The summed E-state index contributed by atoms with van der Waals surface area (Å²) in [7, 11) is -1.15. The Morgan fingerprint density at radius 2 is 0.690 bits per heavy atom. The summed E-state index contributed by atoms with van der Waals surface area (Å²) in [5.74, 6) is 0. The van der Waals surface area contributed by atoms with E-state index >= 15 is 0 Å². The minimum Gasteiger partial charge on any atom is -0.176 e. The van der Waals surface area contributed by atoms with Gasteiger partial charge >= 0.3 is 0 Å². The van der Waals surface area contributed by atoms with Gasteiger partial charge in [-0.1, -0.05) is 174 Å². The van der Waals surface area contributed by atoms with Gasteiger partial charge in [-0.2, -0.15) is 23.3 Å². The van der Waals surface area contributed by atoms with Crippen LogP contribution in [0.5, 0.6) is 0 Å². The maximum Gasteiger partial charge on any atom is -0.0193 e. The molecule has 0 aromatic heterocycles. The van der Waals surface area contributed by atoms with E-state index in [1.807, 2.05) is 0 Å². The van der Waals surface area contributed by atoms with E-state index in [-0.39, 0.29) is 10.8 Å². The quantitative estimate of drug-likeness (QED) is 0.126. The Morgan fingerprint density at radius 3 is 0.929 bits per heavy atom. The summed E-state index contributed by atoms with van der Waals surface area (Å²) in [6.45, 7) is 14.2. The normalized spacial score (nSPS) is 12.2. The van der Waals surface area contributed by atoms with Gasteiger partial charge in [0.05, 0.1) is 0 Å². The second kappa shape index (κ2) is 13.1. The minimum atomic E-state index is -0.575. The van der Waals surface area contributed by atoms with E-state index in [1.165, 1.54) is 43.5 Å². The summed E-state index contributed by atoms with van der Waals surface area (Å²) in [6, 6.07) is 51.2. The molecule has 5 aromatic rings. The van der Waals surface area contributed by atoms with E-state index in [0.717, 1.165) is 12.3 Å². The molecule has 0 spiro atoms. The first-order valence-electron chi connectivity index (χ1n) is 15.0. The SMILES string of the molecule is CC(C)(C)c1cc(C(C)(C)C)c(CP(c2ccccc2)c2ccccc2)[c-]c1CP(c1ccccc1)c1ccccc1. The molecule has 0 unspecified atom stereocenters. The van der Waals surface area contributed by atoms with Crippen molar-refractivity contribution in [2.45, 2.75) is 64.7 Å². The predicted octanol–water partition coefficient (Wildman–Crippen LogP) is 9.35. The van der Waals surface area contributed by atoms with Crippen molar-refractivity contribution in [3.8, 4) is 0 Å². The average Bonchev–Trinajstić information content (AvgIpc) is 2.99. The third-order valence-electron chi connectivity index (χ3n) is 7.76. The lowest BCUT2D eigenvalue weighted by Crippen LogP contribution is -2.23. The summed E-state index contributed by atoms with van der Waals surface area (Å²) in [5, 5.41) is 5.68. The number of rotatable bonds is 8. The van der Waals surface area contributed by atoms with Crippen molar-refractivity contribution in [2.24, 2.45) is 0 Å². The van der Waals surface area contributed by atoms with Crippen molar-refractivity contribution in [3.63, 3.8) is 0 Å². The predicted molar refractivity (Wildman–Crippen MR) is 188 cm³/mol. The summed E-state index contributed by atoms with van der Waals surface area (Å²) in [6.07, 6.45) is 1.98. The molecule has 0 nitrogen and oxygen atoms in total. The molecular formula is C40H43P2-. The summed E-state index contributed by atoms with van der Waals surface area (Å²) in [4.78, 5) is 0. The highest BCUT2D eigenvalue weighted by molar-refractivity contribution is 7.72. The molecule has 0 aliphatic heterocycles. The highest BCUT2D eigenvalue weighted by atomic mass is 31.1. The molecule has 5 rings (SSSR count). The highest BCUT2D eigenvalue weighted by Crippen LogP contribution is 2.45. The van der Waals surface area contributed by atoms with Crippen molar-refractivity contribution in [1.29, 1.82) is 0 Å². The van der Waals surface area contributed by atoms with Gasteiger partial charge in [0.15, 0.2) is 0 Å². The Balaban J connectivity index is 1.68. The van der Waals surface area contributed by atoms with Crippen LogP contribution in [-0.4, -0.2) is 0 Å². The lowest BCUT2D eigenvalue weighted by molar-refractivity contribution is 0.562. The van der Waals surface area contributed by atoms with Crippen LogP contribution < -0.4 is 21.2 Å².